The van der Waals surface area contributed by atoms with Gasteiger partial charge in [-0.05, 0) is 26.7 Å². The van der Waals surface area contributed by atoms with Crippen LogP contribution in [0.4, 0.5) is 0 Å². The fraction of sp³-hybridized carbons (Fsp3) is 0.875. The van der Waals surface area contributed by atoms with Crippen molar-refractivity contribution in [3.63, 3.8) is 0 Å². The van der Waals surface area contributed by atoms with Crippen molar-refractivity contribution in [1.82, 2.24) is 4.90 Å². The van der Waals surface area contributed by atoms with Crippen molar-refractivity contribution in [2.45, 2.75) is 44.9 Å². The van der Waals surface area contributed by atoms with Gasteiger partial charge in [-0.25, -0.2) is 0 Å². The fourth-order valence-electron chi connectivity index (χ4n) is 2.10. The molecule has 0 aromatic heterocycles. The van der Waals surface area contributed by atoms with Gasteiger partial charge in [-0.15, -0.1) is 0 Å². The first-order valence-corrected chi connectivity index (χ1v) is 8.80. The van der Waals surface area contributed by atoms with Crippen LogP contribution in [-0.2, 0) is 19.0 Å². The van der Waals surface area contributed by atoms with Gasteiger partial charge < -0.3 is 40.8 Å². The lowest BCUT2D eigenvalue weighted by molar-refractivity contribution is -0.138. The number of nitrogens with two attached hydrogens (primary N) is 2. The third-order valence-corrected chi connectivity index (χ3v) is 3.53. The van der Waals surface area contributed by atoms with Gasteiger partial charge in [0.2, 0.25) is 0 Å². The van der Waals surface area contributed by atoms with Crippen molar-refractivity contribution in [3.05, 3.63) is 0 Å². The predicted molar refractivity (Wildman–Crippen MR) is 97.1 cm³/mol. The highest BCUT2D eigenvalue weighted by Crippen LogP contribution is 2.01. The summed E-state index contributed by atoms with van der Waals surface area (Å²) >= 11 is 0. The minimum atomic E-state index is -1.06. The lowest BCUT2D eigenvalue weighted by Crippen LogP contribution is -2.43. The summed E-state index contributed by atoms with van der Waals surface area (Å²) in [5, 5.41) is 26.3. The molecule has 3 unspecified atom stereocenters. The van der Waals surface area contributed by atoms with E-state index in [4.69, 9.17) is 36.2 Å². The van der Waals surface area contributed by atoms with E-state index >= 15 is 0 Å². The highest BCUT2D eigenvalue weighted by atomic mass is 16.6. The molecular formula is C16H34N4O6. The van der Waals surface area contributed by atoms with E-state index in [0.717, 1.165) is 0 Å². The highest BCUT2D eigenvalue weighted by Gasteiger charge is 2.16. The molecule has 0 spiro atoms. The molecule has 0 saturated carbocycles. The predicted octanol–water partition coefficient (Wildman–Crippen LogP) is -0.807. The quantitative estimate of drug-likeness (QED) is 0.131. The summed E-state index contributed by atoms with van der Waals surface area (Å²) in [7, 11) is 0. The number of carboxylic acids is 1. The number of rotatable bonds is 16. The standard InChI is InChI=1S/C16H34N4O6/c1-3-24-10-12(2)26-8-7-25-11-13(21)9-20(16(18)19)6-4-5-14(17)15(22)23/h12-14,21H,3-11,17H2,1-2H3,(H3,18,19)(H,22,23). The number of ether oxygens (including phenoxy) is 3. The van der Waals surface area contributed by atoms with Crippen LogP contribution in [0.25, 0.3) is 0 Å². The average Bonchev–Trinajstić information content (AvgIpc) is 2.58. The molecule has 0 aliphatic carbocycles. The Kier molecular flexibility index (Phi) is 13.9. The monoisotopic (exact) mass is 378 g/mol. The first-order chi connectivity index (χ1) is 12.3. The normalized spacial score (nSPS) is 14.6. The smallest absolute Gasteiger partial charge is 0.320 e. The van der Waals surface area contributed by atoms with E-state index in [1.807, 2.05) is 13.8 Å². The van der Waals surface area contributed by atoms with Crippen LogP contribution in [0.2, 0.25) is 0 Å². The Balaban J connectivity index is 3.92. The number of carboxylic acid groups (broad SMARTS) is 1. The molecule has 10 heteroatoms. The Labute approximate surface area is 154 Å². The van der Waals surface area contributed by atoms with Gasteiger partial charge in [0, 0.05) is 19.7 Å². The molecule has 0 aromatic carbocycles. The molecule has 0 rings (SSSR count). The first-order valence-electron chi connectivity index (χ1n) is 8.80. The summed E-state index contributed by atoms with van der Waals surface area (Å²) in [6.07, 6.45) is -0.128. The van der Waals surface area contributed by atoms with Crippen molar-refractivity contribution in [3.8, 4) is 0 Å². The third-order valence-electron chi connectivity index (χ3n) is 3.53. The SMILES string of the molecule is CCOCC(C)OCCOCC(O)CN(CCCC(N)C(=O)O)C(=N)N. The molecule has 0 radical (unpaired) electrons. The molecule has 0 aliphatic rings. The van der Waals surface area contributed by atoms with Crippen molar-refractivity contribution >= 4 is 11.9 Å². The minimum absolute atomic E-state index is 0.0196. The van der Waals surface area contributed by atoms with Crippen molar-refractivity contribution in [2.24, 2.45) is 11.5 Å². The maximum Gasteiger partial charge on any atom is 0.320 e. The van der Waals surface area contributed by atoms with Crippen molar-refractivity contribution < 1.29 is 29.2 Å². The third kappa shape index (κ3) is 12.8. The van der Waals surface area contributed by atoms with E-state index in [9.17, 15) is 9.90 Å². The highest BCUT2D eigenvalue weighted by molar-refractivity contribution is 5.74. The molecule has 7 N–H and O–H groups in total. The molecule has 0 saturated heterocycles. The number of aliphatic hydroxyl groups is 1. The Morgan fingerprint density at radius 2 is 1.96 bits per heavy atom. The Morgan fingerprint density at radius 1 is 1.27 bits per heavy atom. The van der Waals surface area contributed by atoms with E-state index in [1.165, 1.54) is 4.90 Å². The van der Waals surface area contributed by atoms with Crippen LogP contribution in [0.15, 0.2) is 0 Å². The number of hydrogen-bond donors (Lipinski definition) is 5. The summed E-state index contributed by atoms with van der Waals surface area (Å²) in [6.45, 7) is 6.27. The zero-order valence-electron chi connectivity index (χ0n) is 15.7. The van der Waals surface area contributed by atoms with Gasteiger partial charge in [0.05, 0.1) is 38.6 Å². The van der Waals surface area contributed by atoms with E-state index in [-0.39, 0.29) is 31.6 Å². The maximum atomic E-state index is 10.7. The van der Waals surface area contributed by atoms with E-state index in [2.05, 4.69) is 0 Å². The Morgan fingerprint density at radius 3 is 2.54 bits per heavy atom. The number of carbonyl (C=O) groups is 1. The number of aliphatic hydroxyl groups excluding tert-OH is 1. The summed E-state index contributed by atoms with van der Waals surface area (Å²) in [5.41, 5.74) is 10.9. The average molecular weight is 378 g/mol. The summed E-state index contributed by atoms with van der Waals surface area (Å²) in [4.78, 5) is 12.1. The lowest BCUT2D eigenvalue weighted by Gasteiger charge is -2.25. The first kappa shape index (κ1) is 24.5. The minimum Gasteiger partial charge on any atom is -0.480 e. The summed E-state index contributed by atoms with van der Waals surface area (Å²) in [6, 6.07) is -0.942. The van der Waals surface area contributed by atoms with Gasteiger partial charge in [0.1, 0.15) is 6.04 Å². The molecule has 154 valence electrons. The molecule has 0 aliphatic heterocycles. The number of nitrogens with one attached hydrogen (secondary N) is 1. The zero-order chi connectivity index (χ0) is 19.9. The van der Waals surface area contributed by atoms with E-state index < -0.39 is 18.1 Å². The topological polar surface area (TPSA) is 164 Å². The van der Waals surface area contributed by atoms with Gasteiger partial charge in [-0.1, -0.05) is 0 Å². The molecule has 0 bridgehead atoms. The maximum absolute atomic E-state index is 10.7. The molecular weight excluding hydrogens is 344 g/mol. The molecule has 0 fully saturated rings. The molecule has 10 nitrogen and oxygen atoms in total. The van der Waals surface area contributed by atoms with Crippen LogP contribution in [0.5, 0.6) is 0 Å². The van der Waals surface area contributed by atoms with Gasteiger partial charge in [0.15, 0.2) is 5.96 Å². The second-order valence-electron chi connectivity index (χ2n) is 5.99. The van der Waals surface area contributed by atoms with Crippen LogP contribution < -0.4 is 11.5 Å². The number of nitrogens with zero attached hydrogens (tertiary/aromatic N) is 1. The Hall–Kier alpha value is -1.46. The molecule has 0 aromatic rings. The number of hydrogen-bond acceptors (Lipinski definition) is 7. The Bertz CT molecular complexity index is 399. The molecule has 0 amide bonds. The zero-order valence-corrected chi connectivity index (χ0v) is 15.7. The largest absolute Gasteiger partial charge is 0.480 e. The summed E-state index contributed by atoms with van der Waals surface area (Å²) in [5.74, 6) is -1.26. The fourth-order valence-corrected chi connectivity index (χ4v) is 2.10. The number of guanidine groups is 1. The van der Waals surface area contributed by atoms with Gasteiger partial charge >= 0.3 is 5.97 Å². The van der Waals surface area contributed by atoms with Crippen LogP contribution in [0.1, 0.15) is 26.7 Å². The van der Waals surface area contributed by atoms with Gasteiger partial charge in [-0.2, -0.15) is 0 Å². The van der Waals surface area contributed by atoms with Gasteiger partial charge in [-0.3, -0.25) is 10.2 Å². The van der Waals surface area contributed by atoms with Crippen LogP contribution >= 0.6 is 0 Å². The van der Waals surface area contributed by atoms with Crippen molar-refractivity contribution in [2.75, 3.05) is 46.1 Å². The number of aliphatic carboxylic acids is 1. The molecule has 0 heterocycles. The van der Waals surface area contributed by atoms with Gasteiger partial charge in [0.25, 0.3) is 0 Å². The van der Waals surface area contributed by atoms with E-state index in [0.29, 0.717) is 39.4 Å². The van der Waals surface area contributed by atoms with Crippen molar-refractivity contribution in [1.29, 1.82) is 5.41 Å². The second-order valence-corrected chi connectivity index (χ2v) is 5.99. The van der Waals surface area contributed by atoms with Crippen LogP contribution in [0.3, 0.4) is 0 Å². The lowest BCUT2D eigenvalue weighted by atomic mass is 10.1. The molecule has 26 heavy (non-hydrogen) atoms. The van der Waals surface area contributed by atoms with E-state index in [1.54, 1.807) is 0 Å². The van der Waals surface area contributed by atoms with Crippen LogP contribution in [0, 0.1) is 5.41 Å². The second kappa shape index (κ2) is 14.7. The summed E-state index contributed by atoms with van der Waals surface area (Å²) < 4.78 is 16.1. The van der Waals surface area contributed by atoms with Crippen LogP contribution in [-0.4, -0.2) is 91.4 Å². The molecule has 3 atom stereocenters.